The van der Waals surface area contributed by atoms with Gasteiger partial charge in [-0.2, -0.15) is 0 Å². The van der Waals surface area contributed by atoms with Gasteiger partial charge >= 0.3 is 0 Å². The van der Waals surface area contributed by atoms with Crippen molar-refractivity contribution in [3.8, 4) is 11.1 Å². The fraction of sp³-hybridized carbons (Fsp3) is 0.444. The summed E-state index contributed by atoms with van der Waals surface area (Å²) in [7, 11) is 1.58. The summed E-state index contributed by atoms with van der Waals surface area (Å²) in [4.78, 5) is 45.4. The van der Waals surface area contributed by atoms with Crippen molar-refractivity contribution in [3.05, 3.63) is 53.1 Å². The Morgan fingerprint density at radius 2 is 1.74 bits per heavy atom. The number of piperazine rings is 1. The van der Waals surface area contributed by atoms with Gasteiger partial charge in [0.1, 0.15) is 6.04 Å². The first-order valence-corrected chi connectivity index (χ1v) is 12.3. The van der Waals surface area contributed by atoms with Gasteiger partial charge in [0, 0.05) is 38.2 Å². The van der Waals surface area contributed by atoms with Gasteiger partial charge in [0.2, 0.25) is 5.91 Å². The van der Waals surface area contributed by atoms with Crippen LogP contribution in [0.3, 0.4) is 0 Å². The molecule has 0 bridgehead atoms. The molecule has 186 valence electrons. The Labute approximate surface area is 211 Å². The second kappa shape index (κ2) is 9.99. The van der Waals surface area contributed by atoms with E-state index < -0.39 is 6.04 Å². The minimum Gasteiger partial charge on any atom is -0.383 e. The molecule has 0 radical (unpaired) electrons. The summed E-state index contributed by atoms with van der Waals surface area (Å²) >= 11 is 6.04. The normalized spacial score (nSPS) is 18.3. The summed E-state index contributed by atoms with van der Waals surface area (Å²) < 4.78 is 5.26. The third-order valence-corrected chi connectivity index (χ3v) is 6.69. The predicted octanol–water partition coefficient (Wildman–Crippen LogP) is 4.09. The summed E-state index contributed by atoms with van der Waals surface area (Å²) in [6.45, 7) is 7.62. The average Bonchev–Trinajstić information content (AvgIpc) is 2.90. The number of hydrogen-bond donors (Lipinski definition) is 0. The van der Waals surface area contributed by atoms with E-state index in [-0.39, 0.29) is 29.7 Å². The van der Waals surface area contributed by atoms with Crippen LogP contribution in [0.25, 0.3) is 11.1 Å². The van der Waals surface area contributed by atoms with Crippen LogP contribution in [0.1, 0.15) is 37.6 Å². The molecule has 1 unspecified atom stereocenters. The quantitative estimate of drug-likeness (QED) is 0.624. The molecule has 1 atom stereocenters. The molecule has 2 aromatic rings. The molecule has 3 amide bonds. The van der Waals surface area contributed by atoms with Crippen LogP contribution in [-0.4, -0.2) is 73.5 Å². The summed E-state index contributed by atoms with van der Waals surface area (Å²) in [5.41, 5.74) is 2.68. The van der Waals surface area contributed by atoms with Gasteiger partial charge in [0.15, 0.2) is 0 Å². The van der Waals surface area contributed by atoms with Crippen LogP contribution in [0.5, 0.6) is 0 Å². The van der Waals surface area contributed by atoms with Gasteiger partial charge in [0.25, 0.3) is 11.8 Å². The molecule has 2 heterocycles. The summed E-state index contributed by atoms with van der Waals surface area (Å²) in [5.74, 6) is -0.383. The zero-order valence-electron chi connectivity index (χ0n) is 20.7. The number of methoxy groups -OCH3 is 1. The molecule has 0 N–H and O–H groups in total. The molecule has 2 aliphatic heterocycles. The number of nitrogens with zero attached hydrogens (tertiary/aromatic N) is 3. The molecule has 8 heteroatoms. The van der Waals surface area contributed by atoms with Crippen molar-refractivity contribution in [1.29, 1.82) is 0 Å². The highest BCUT2D eigenvalue weighted by Crippen LogP contribution is 2.34. The van der Waals surface area contributed by atoms with E-state index in [0.717, 1.165) is 11.1 Å². The van der Waals surface area contributed by atoms with Crippen LogP contribution < -0.4 is 4.90 Å². The molecule has 1 saturated heterocycles. The molecular formula is C27H32ClN3O4. The molecule has 0 aliphatic carbocycles. The largest absolute Gasteiger partial charge is 0.383 e. The third-order valence-electron chi connectivity index (χ3n) is 6.44. The average molecular weight is 498 g/mol. The second-order valence-corrected chi connectivity index (χ2v) is 10.7. The summed E-state index contributed by atoms with van der Waals surface area (Å²) in [5, 5.41) is 0.637. The highest BCUT2D eigenvalue weighted by atomic mass is 35.5. The number of hydrogen-bond acceptors (Lipinski definition) is 4. The lowest BCUT2D eigenvalue weighted by molar-refractivity contribution is -0.137. The molecule has 0 spiro atoms. The number of rotatable bonds is 5. The molecule has 2 aliphatic rings. The molecule has 2 aromatic carbocycles. The van der Waals surface area contributed by atoms with E-state index in [2.05, 4.69) is 0 Å². The van der Waals surface area contributed by atoms with Crippen molar-refractivity contribution >= 4 is 35.0 Å². The zero-order valence-corrected chi connectivity index (χ0v) is 21.5. The van der Waals surface area contributed by atoms with Gasteiger partial charge in [-0.05, 0) is 40.8 Å². The number of fused-ring (bicyclic) bond motifs is 2. The van der Waals surface area contributed by atoms with Crippen molar-refractivity contribution in [1.82, 2.24) is 9.80 Å². The highest BCUT2D eigenvalue weighted by molar-refractivity contribution is 6.30. The van der Waals surface area contributed by atoms with Crippen LogP contribution >= 0.6 is 11.6 Å². The fourth-order valence-electron chi connectivity index (χ4n) is 4.66. The van der Waals surface area contributed by atoms with E-state index in [1.807, 2.05) is 63.2 Å². The number of benzene rings is 2. The van der Waals surface area contributed by atoms with Crippen LogP contribution in [0.15, 0.2) is 42.5 Å². The number of amides is 3. The number of anilines is 1. The maximum absolute atomic E-state index is 13.8. The second-order valence-electron chi connectivity index (χ2n) is 10.3. The monoisotopic (exact) mass is 497 g/mol. The van der Waals surface area contributed by atoms with Gasteiger partial charge in [-0.1, -0.05) is 50.6 Å². The summed E-state index contributed by atoms with van der Waals surface area (Å²) in [6.07, 6.45) is 0.389. The van der Waals surface area contributed by atoms with Gasteiger partial charge in [-0.15, -0.1) is 0 Å². The SMILES string of the molecule is COCCN1C(=O)C2CN(C(=O)CC(C)(C)C)CCN2C(=O)c2cc(-c3ccc(Cl)cc3)ccc21. The van der Waals surface area contributed by atoms with Crippen LogP contribution in [0, 0.1) is 5.41 Å². The molecule has 4 rings (SSSR count). The van der Waals surface area contributed by atoms with Crippen LogP contribution in [0.4, 0.5) is 5.69 Å². The number of halogens is 1. The van der Waals surface area contributed by atoms with E-state index in [1.165, 1.54) is 0 Å². The standard InChI is InChI=1S/C27H32ClN3O4/c1-27(2,3)16-24(32)29-11-12-30-23(17-29)26(34)31(13-14-35-4)22-10-7-19(15-21(22)25(30)33)18-5-8-20(28)9-6-18/h5-10,15,23H,11-14,16-17H2,1-4H3. The molecule has 0 aromatic heterocycles. The first kappa shape index (κ1) is 25.2. The van der Waals surface area contributed by atoms with Gasteiger partial charge < -0.3 is 19.4 Å². The third kappa shape index (κ3) is 5.36. The minimum atomic E-state index is -0.733. The van der Waals surface area contributed by atoms with Crippen molar-refractivity contribution in [2.24, 2.45) is 5.41 Å². The summed E-state index contributed by atoms with van der Waals surface area (Å²) in [6, 6.07) is 12.3. The van der Waals surface area contributed by atoms with Gasteiger partial charge in [-0.25, -0.2) is 0 Å². The van der Waals surface area contributed by atoms with Crippen molar-refractivity contribution in [2.45, 2.75) is 33.2 Å². The van der Waals surface area contributed by atoms with Crippen molar-refractivity contribution < 1.29 is 19.1 Å². The van der Waals surface area contributed by atoms with E-state index in [9.17, 15) is 14.4 Å². The Balaban J connectivity index is 1.70. The smallest absolute Gasteiger partial charge is 0.256 e. The van der Waals surface area contributed by atoms with E-state index in [0.29, 0.717) is 48.9 Å². The Kier molecular flexibility index (Phi) is 7.20. The lowest BCUT2D eigenvalue weighted by Crippen LogP contribution is -2.61. The topological polar surface area (TPSA) is 70.2 Å². The van der Waals surface area contributed by atoms with Gasteiger partial charge in [0.05, 0.1) is 24.4 Å². The van der Waals surface area contributed by atoms with Crippen LogP contribution in [0.2, 0.25) is 5.02 Å². The minimum absolute atomic E-state index is 0.00706. The lowest BCUT2D eigenvalue weighted by atomic mass is 9.91. The fourth-order valence-corrected chi connectivity index (χ4v) is 4.79. The number of ether oxygens (including phenoxy) is 1. The van der Waals surface area contributed by atoms with E-state index in [4.69, 9.17) is 16.3 Å². The van der Waals surface area contributed by atoms with Gasteiger partial charge in [-0.3, -0.25) is 14.4 Å². The first-order valence-electron chi connectivity index (χ1n) is 11.9. The first-order chi connectivity index (χ1) is 16.6. The van der Waals surface area contributed by atoms with Crippen LogP contribution in [-0.2, 0) is 14.3 Å². The maximum atomic E-state index is 13.8. The molecule has 7 nitrogen and oxygen atoms in total. The molecule has 1 fully saturated rings. The highest BCUT2D eigenvalue weighted by Gasteiger charge is 2.43. The van der Waals surface area contributed by atoms with E-state index in [1.54, 1.807) is 21.8 Å². The Hall–Kier alpha value is -2.90. The Morgan fingerprint density at radius 1 is 1.06 bits per heavy atom. The van der Waals surface area contributed by atoms with E-state index >= 15 is 0 Å². The molecule has 0 saturated carbocycles. The number of carbonyl (C=O) groups is 3. The lowest BCUT2D eigenvalue weighted by Gasteiger charge is -2.41. The van der Waals surface area contributed by atoms with Crippen molar-refractivity contribution in [3.63, 3.8) is 0 Å². The zero-order chi connectivity index (χ0) is 25.3. The molecular weight excluding hydrogens is 466 g/mol. The Bertz CT molecular complexity index is 1130. The van der Waals surface area contributed by atoms with Crippen molar-refractivity contribution in [2.75, 3.05) is 44.8 Å². The predicted molar refractivity (Wildman–Crippen MR) is 137 cm³/mol. The Morgan fingerprint density at radius 3 is 2.40 bits per heavy atom. The maximum Gasteiger partial charge on any atom is 0.256 e. The molecule has 35 heavy (non-hydrogen) atoms. The number of carbonyl (C=O) groups excluding carboxylic acids is 3.